The number of thioether (sulfide) groups is 1. The van der Waals surface area contributed by atoms with Gasteiger partial charge in [-0.25, -0.2) is 0 Å². The number of rotatable bonds is 6. The molecule has 1 aliphatic heterocycles. The van der Waals surface area contributed by atoms with Crippen LogP contribution in [0.2, 0.25) is 0 Å². The van der Waals surface area contributed by atoms with Gasteiger partial charge < -0.3 is 15.4 Å². The van der Waals surface area contributed by atoms with Crippen molar-refractivity contribution in [2.75, 3.05) is 33.1 Å². The third-order valence-electron chi connectivity index (χ3n) is 3.04. The molecule has 0 spiro atoms. The van der Waals surface area contributed by atoms with Crippen molar-refractivity contribution >= 4 is 17.7 Å². The molecule has 3 atom stereocenters. The molecular formula is C11H22N2O2S. The zero-order chi connectivity index (χ0) is 12.0. The molecule has 16 heavy (non-hydrogen) atoms. The van der Waals surface area contributed by atoms with Crippen molar-refractivity contribution in [2.45, 2.75) is 24.6 Å². The molecule has 1 saturated heterocycles. The summed E-state index contributed by atoms with van der Waals surface area (Å²) in [6, 6.07) is 0.165. The predicted molar refractivity (Wildman–Crippen MR) is 67.8 cm³/mol. The van der Waals surface area contributed by atoms with E-state index < -0.39 is 0 Å². The van der Waals surface area contributed by atoms with Crippen LogP contribution < -0.4 is 10.6 Å². The van der Waals surface area contributed by atoms with Gasteiger partial charge in [0, 0.05) is 17.8 Å². The summed E-state index contributed by atoms with van der Waals surface area (Å²) in [5.74, 6) is 0.0831. The Bertz CT molecular complexity index is 226. The molecular weight excluding hydrogens is 224 g/mol. The highest BCUT2D eigenvalue weighted by molar-refractivity contribution is 7.99. The monoisotopic (exact) mass is 246 g/mol. The van der Waals surface area contributed by atoms with Crippen molar-refractivity contribution in [3.63, 3.8) is 0 Å². The third kappa shape index (κ3) is 3.96. The van der Waals surface area contributed by atoms with Crippen molar-refractivity contribution in [1.82, 2.24) is 10.6 Å². The van der Waals surface area contributed by atoms with Crippen molar-refractivity contribution in [2.24, 2.45) is 5.92 Å². The summed E-state index contributed by atoms with van der Waals surface area (Å²) in [7, 11) is 1.87. The molecule has 0 aromatic heterocycles. The van der Waals surface area contributed by atoms with Gasteiger partial charge in [0.25, 0.3) is 0 Å². The first-order chi connectivity index (χ1) is 7.69. The molecule has 3 unspecified atom stereocenters. The van der Waals surface area contributed by atoms with Gasteiger partial charge in [0.1, 0.15) is 0 Å². The van der Waals surface area contributed by atoms with Crippen LogP contribution in [0.5, 0.6) is 0 Å². The summed E-state index contributed by atoms with van der Waals surface area (Å²) >= 11 is 1.83. The maximum Gasteiger partial charge on any atom is 0.227 e. The molecule has 1 amide bonds. The van der Waals surface area contributed by atoms with Crippen molar-refractivity contribution in [1.29, 1.82) is 0 Å². The number of likely N-dealkylation sites (N-methyl/N-ethyl adjacent to an activating group) is 1. The average molecular weight is 246 g/mol. The molecule has 2 N–H and O–H groups in total. The second kappa shape index (κ2) is 7.14. The van der Waals surface area contributed by atoms with Crippen molar-refractivity contribution in [3.8, 4) is 0 Å². The van der Waals surface area contributed by atoms with E-state index in [4.69, 9.17) is 4.74 Å². The fourth-order valence-corrected chi connectivity index (χ4v) is 2.10. The molecule has 0 aromatic rings. The zero-order valence-corrected chi connectivity index (χ0v) is 11.1. The van der Waals surface area contributed by atoms with Crippen molar-refractivity contribution < 1.29 is 9.53 Å². The van der Waals surface area contributed by atoms with Crippen LogP contribution in [0.3, 0.4) is 0 Å². The Morgan fingerprint density at radius 2 is 2.31 bits per heavy atom. The number of carbonyl (C=O) groups excluding carboxylic acids is 1. The van der Waals surface area contributed by atoms with E-state index in [9.17, 15) is 4.79 Å². The first-order valence-electron chi connectivity index (χ1n) is 5.74. The van der Waals surface area contributed by atoms with Crippen LogP contribution in [0.15, 0.2) is 0 Å². The number of carbonyl (C=O) groups is 1. The Morgan fingerprint density at radius 3 is 2.94 bits per heavy atom. The van der Waals surface area contributed by atoms with E-state index in [-0.39, 0.29) is 17.9 Å². The maximum atomic E-state index is 11.8. The summed E-state index contributed by atoms with van der Waals surface area (Å²) in [6.45, 7) is 4.10. The van der Waals surface area contributed by atoms with E-state index in [0.29, 0.717) is 18.5 Å². The van der Waals surface area contributed by atoms with Gasteiger partial charge in [0.05, 0.1) is 19.1 Å². The molecule has 1 heterocycles. The van der Waals surface area contributed by atoms with Crippen LogP contribution in [0.4, 0.5) is 0 Å². The minimum atomic E-state index is -0.0328. The highest BCUT2D eigenvalue weighted by Crippen LogP contribution is 2.13. The molecule has 0 bridgehead atoms. The molecule has 0 radical (unpaired) electrons. The highest BCUT2D eigenvalue weighted by Gasteiger charge is 2.32. The predicted octanol–water partition coefficient (Wildman–Crippen LogP) is 0.479. The van der Waals surface area contributed by atoms with Gasteiger partial charge in [-0.15, -0.1) is 0 Å². The summed E-state index contributed by atoms with van der Waals surface area (Å²) in [4.78, 5) is 11.8. The highest BCUT2D eigenvalue weighted by atomic mass is 32.2. The topological polar surface area (TPSA) is 50.4 Å². The lowest BCUT2D eigenvalue weighted by Gasteiger charge is -2.17. The molecule has 1 rings (SSSR count). The second-order valence-electron chi connectivity index (χ2n) is 4.17. The van der Waals surface area contributed by atoms with Gasteiger partial charge in [0.15, 0.2) is 0 Å². The summed E-state index contributed by atoms with van der Waals surface area (Å²) < 4.78 is 5.30. The number of hydrogen-bond donors (Lipinski definition) is 2. The van der Waals surface area contributed by atoms with Crippen LogP contribution in [0.25, 0.3) is 0 Å². The van der Waals surface area contributed by atoms with E-state index in [0.717, 1.165) is 13.0 Å². The Morgan fingerprint density at radius 1 is 1.56 bits per heavy atom. The first-order valence-corrected chi connectivity index (χ1v) is 7.03. The van der Waals surface area contributed by atoms with Crippen molar-refractivity contribution in [3.05, 3.63) is 0 Å². The summed E-state index contributed by atoms with van der Waals surface area (Å²) in [6.07, 6.45) is 3.11. The minimum Gasteiger partial charge on any atom is -0.379 e. The lowest BCUT2D eigenvalue weighted by molar-refractivity contribution is -0.125. The fourth-order valence-electron chi connectivity index (χ4n) is 1.74. The van der Waals surface area contributed by atoms with E-state index in [1.54, 1.807) is 0 Å². The molecule has 0 aromatic carbocycles. The largest absolute Gasteiger partial charge is 0.379 e. The number of nitrogens with one attached hydrogen (secondary N) is 2. The smallest absolute Gasteiger partial charge is 0.227 e. The van der Waals surface area contributed by atoms with E-state index in [1.165, 1.54) is 0 Å². The van der Waals surface area contributed by atoms with Gasteiger partial charge in [0.2, 0.25) is 5.91 Å². The second-order valence-corrected chi connectivity index (χ2v) is 5.44. The lowest BCUT2D eigenvalue weighted by atomic mass is 10.0. The average Bonchev–Trinajstić information content (AvgIpc) is 2.76. The summed E-state index contributed by atoms with van der Waals surface area (Å²) in [5.41, 5.74) is 0. The maximum absolute atomic E-state index is 11.8. The molecule has 0 saturated carbocycles. The van der Waals surface area contributed by atoms with Gasteiger partial charge in [-0.3, -0.25) is 4.79 Å². The summed E-state index contributed by atoms with van der Waals surface area (Å²) in [5, 5.41) is 6.69. The molecule has 0 aliphatic carbocycles. The van der Waals surface area contributed by atoms with Crippen LogP contribution in [0.1, 0.15) is 13.3 Å². The normalized spacial score (nSPS) is 26.7. The Hall–Kier alpha value is -0.260. The minimum absolute atomic E-state index is 0.0328. The van der Waals surface area contributed by atoms with Crippen LogP contribution in [-0.2, 0) is 9.53 Å². The van der Waals surface area contributed by atoms with E-state index >= 15 is 0 Å². The molecule has 1 aliphatic rings. The van der Waals surface area contributed by atoms with Gasteiger partial charge >= 0.3 is 0 Å². The van der Waals surface area contributed by atoms with Crippen LogP contribution in [0, 0.1) is 5.92 Å². The van der Waals surface area contributed by atoms with Crippen LogP contribution >= 0.6 is 11.8 Å². The van der Waals surface area contributed by atoms with E-state index in [1.807, 2.05) is 18.8 Å². The number of ether oxygens (including phenoxy) is 1. The third-order valence-corrected chi connectivity index (χ3v) is 4.08. The van der Waals surface area contributed by atoms with E-state index in [2.05, 4.69) is 23.8 Å². The standard InChI is InChI=1S/C11H22N2O2S/c1-8(16-3)4-5-13-11(14)9-6-15-7-10(9)12-2/h8-10,12H,4-7H2,1-3H3,(H,13,14). The quantitative estimate of drug-likeness (QED) is 0.716. The Balaban J connectivity index is 2.24. The van der Waals surface area contributed by atoms with Gasteiger partial charge in [-0.1, -0.05) is 6.92 Å². The molecule has 4 nitrogen and oxygen atoms in total. The van der Waals surface area contributed by atoms with Gasteiger partial charge in [-0.2, -0.15) is 11.8 Å². The first kappa shape index (κ1) is 13.8. The molecule has 5 heteroatoms. The number of hydrogen-bond acceptors (Lipinski definition) is 4. The lowest BCUT2D eigenvalue weighted by Crippen LogP contribution is -2.43. The SMILES string of the molecule is CNC1COCC1C(=O)NCCC(C)SC. The Kier molecular flexibility index (Phi) is 6.16. The Labute approximate surface area is 102 Å². The van der Waals surface area contributed by atoms with Crippen LogP contribution in [-0.4, -0.2) is 50.3 Å². The fraction of sp³-hybridized carbons (Fsp3) is 0.909. The number of amides is 1. The zero-order valence-electron chi connectivity index (χ0n) is 10.3. The molecule has 1 fully saturated rings. The van der Waals surface area contributed by atoms with Gasteiger partial charge in [-0.05, 0) is 19.7 Å². The molecule has 94 valence electrons.